The maximum Gasteiger partial charge on any atom is 0.251 e. The highest BCUT2D eigenvalue weighted by atomic mass is 16.2. The maximum absolute atomic E-state index is 12.3. The number of carbonyl (C=O) groups excluding carboxylic acids is 2. The number of hydrogen-bond donors (Lipinski definition) is 2. The molecule has 0 aliphatic heterocycles. The molecule has 3 aromatic carbocycles. The summed E-state index contributed by atoms with van der Waals surface area (Å²) in [4.78, 5) is 29.2. The number of nitrogens with zero attached hydrogens (tertiary/aromatic N) is 2. The predicted molar refractivity (Wildman–Crippen MR) is 123 cm³/mol. The smallest absolute Gasteiger partial charge is 0.251 e. The number of aromatic nitrogens is 2. The molecule has 0 radical (unpaired) electrons. The van der Waals surface area contributed by atoms with E-state index in [0.717, 1.165) is 33.5 Å². The molecule has 2 N–H and O–H groups in total. The summed E-state index contributed by atoms with van der Waals surface area (Å²) in [6.45, 7) is 3.85. The van der Waals surface area contributed by atoms with Gasteiger partial charge in [0, 0.05) is 23.9 Å². The number of hydrogen-bond acceptors (Lipinski definition) is 3. The molecule has 0 spiro atoms. The van der Waals surface area contributed by atoms with E-state index in [1.807, 2.05) is 86.1 Å². The van der Waals surface area contributed by atoms with Crippen LogP contribution in [0, 0.1) is 13.8 Å². The number of nitrogens with one attached hydrogen (secondary N) is 2. The lowest BCUT2D eigenvalue weighted by Crippen LogP contribution is -2.32. The summed E-state index contributed by atoms with van der Waals surface area (Å²) in [6, 6.07) is 21.0. The molecular formula is C25H24N4O2. The lowest BCUT2D eigenvalue weighted by Gasteiger charge is -2.09. The van der Waals surface area contributed by atoms with Gasteiger partial charge < -0.3 is 15.2 Å². The van der Waals surface area contributed by atoms with Crippen LogP contribution in [0.3, 0.4) is 0 Å². The van der Waals surface area contributed by atoms with E-state index in [1.165, 1.54) is 0 Å². The molecule has 0 bridgehead atoms. The molecule has 4 rings (SSSR count). The third-order valence-corrected chi connectivity index (χ3v) is 5.39. The van der Waals surface area contributed by atoms with E-state index in [0.29, 0.717) is 11.3 Å². The SMILES string of the molecule is Cc1ccc(C(=O)NCC(=O)Nc2ccc(-c3nc4ccccc4n3C)cc2)cc1C. The molecule has 0 atom stereocenters. The van der Waals surface area contributed by atoms with Crippen molar-refractivity contribution in [3.8, 4) is 11.4 Å². The Morgan fingerprint density at radius 1 is 0.935 bits per heavy atom. The van der Waals surface area contributed by atoms with Crippen LogP contribution in [-0.2, 0) is 11.8 Å². The molecule has 6 nitrogen and oxygen atoms in total. The fourth-order valence-corrected chi connectivity index (χ4v) is 3.46. The monoisotopic (exact) mass is 412 g/mol. The zero-order valence-corrected chi connectivity index (χ0v) is 17.8. The summed E-state index contributed by atoms with van der Waals surface area (Å²) in [5.74, 6) is 0.308. The van der Waals surface area contributed by atoms with Gasteiger partial charge in [-0.25, -0.2) is 4.98 Å². The van der Waals surface area contributed by atoms with Crippen LogP contribution in [0.15, 0.2) is 66.7 Å². The van der Waals surface area contributed by atoms with Crippen molar-refractivity contribution >= 4 is 28.5 Å². The van der Waals surface area contributed by atoms with Crippen LogP contribution in [0.4, 0.5) is 5.69 Å². The lowest BCUT2D eigenvalue weighted by atomic mass is 10.1. The number of carbonyl (C=O) groups is 2. The van der Waals surface area contributed by atoms with Crippen LogP contribution in [-0.4, -0.2) is 27.9 Å². The zero-order chi connectivity index (χ0) is 22.0. The first-order valence-electron chi connectivity index (χ1n) is 10.1. The van der Waals surface area contributed by atoms with E-state index in [1.54, 1.807) is 6.07 Å². The van der Waals surface area contributed by atoms with Crippen LogP contribution < -0.4 is 10.6 Å². The molecule has 1 aromatic heterocycles. The first-order chi connectivity index (χ1) is 14.9. The van der Waals surface area contributed by atoms with Gasteiger partial charge in [0.25, 0.3) is 5.91 Å². The van der Waals surface area contributed by atoms with Gasteiger partial charge in [0.2, 0.25) is 5.91 Å². The van der Waals surface area contributed by atoms with Gasteiger partial charge in [0.05, 0.1) is 17.6 Å². The molecule has 0 saturated heterocycles. The minimum Gasteiger partial charge on any atom is -0.343 e. The summed E-state index contributed by atoms with van der Waals surface area (Å²) in [6.07, 6.45) is 0. The molecule has 2 amide bonds. The Kier molecular flexibility index (Phi) is 5.54. The highest BCUT2D eigenvalue weighted by molar-refractivity contribution is 5.99. The summed E-state index contributed by atoms with van der Waals surface area (Å²) in [7, 11) is 1.98. The molecule has 6 heteroatoms. The second-order valence-electron chi connectivity index (χ2n) is 7.59. The summed E-state index contributed by atoms with van der Waals surface area (Å²) >= 11 is 0. The number of benzene rings is 3. The predicted octanol–water partition coefficient (Wildman–Crippen LogP) is 4.23. The second-order valence-corrected chi connectivity index (χ2v) is 7.59. The number of aryl methyl sites for hydroxylation is 3. The number of para-hydroxylation sites is 2. The number of imidazole rings is 1. The summed E-state index contributed by atoms with van der Waals surface area (Å²) < 4.78 is 2.05. The van der Waals surface area contributed by atoms with Crippen molar-refractivity contribution in [2.24, 2.45) is 7.05 Å². The van der Waals surface area contributed by atoms with Crippen LogP contribution in [0.2, 0.25) is 0 Å². The molecule has 31 heavy (non-hydrogen) atoms. The van der Waals surface area contributed by atoms with Crippen molar-refractivity contribution in [3.63, 3.8) is 0 Å². The van der Waals surface area contributed by atoms with Crippen molar-refractivity contribution < 1.29 is 9.59 Å². The Hall–Kier alpha value is -3.93. The Balaban J connectivity index is 1.38. The molecule has 0 fully saturated rings. The van der Waals surface area contributed by atoms with E-state index in [9.17, 15) is 9.59 Å². The number of fused-ring (bicyclic) bond motifs is 1. The number of anilines is 1. The van der Waals surface area contributed by atoms with E-state index < -0.39 is 0 Å². The highest BCUT2D eigenvalue weighted by Crippen LogP contribution is 2.24. The number of amides is 2. The van der Waals surface area contributed by atoms with E-state index in [4.69, 9.17) is 4.98 Å². The lowest BCUT2D eigenvalue weighted by molar-refractivity contribution is -0.115. The van der Waals surface area contributed by atoms with Crippen LogP contribution in [0.25, 0.3) is 22.4 Å². The molecular weight excluding hydrogens is 388 g/mol. The van der Waals surface area contributed by atoms with E-state index >= 15 is 0 Å². The summed E-state index contributed by atoms with van der Waals surface area (Å²) in [5, 5.41) is 5.47. The minimum absolute atomic E-state index is 0.0989. The molecule has 0 aliphatic rings. The second kappa shape index (κ2) is 8.44. The topological polar surface area (TPSA) is 76.0 Å². The van der Waals surface area contributed by atoms with E-state index in [-0.39, 0.29) is 18.4 Å². The minimum atomic E-state index is -0.285. The molecule has 156 valence electrons. The van der Waals surface area contributed by atoms with Crippen LogP contribution in [0.1, 0.15) is 21.5 Å². The third-order valence-electron chi connectivity index (χ3n) is 5.39. The Morgan fingerprint density at radius 3 is 2.39 bits per heavy atom. The van der Waals surface area contributed by atoms with Crippen molar-refractivity contribution in [2.45, 2.75) is 13.8 Å². The van der Waals surface area contributed by atoms with Crippen LogP contribution in [0.5, 0.6) is 0 Å². The standard InChI is InChI=1S/C25H24N4O2/c1-16-8-9-19(14-17(16)2)25(31)26-15-23(30)27-20-12-10-18(11-13-20)24-28-21-6-4-5-7-22(21)29(24)3/h4-14H,15H2,1-3H3,(H,26,31)(H,27,30). The van der Waals surface area contributed by atoms with Crippen molar-refractivity contribution in [1.29, 1.82) is 0 Å². The highest BCUT2D eigenvalue weighted by Gasteiger charge is 2.11. The maximum atomic E-state index is 12.3. The van der Waals surface area contributed by atoms with Gasteiger partial charge >= 0.3 is 0 Å². The average molecular weight is 412 g/mol. The van der Waals surface area contributed by atoms with Gasteiger partial charge in [-0.05, 0) is 73.5 Å². The van der Waals surface area contributed by atoms with Crippen molar-refractivity contribution in [3.05, 3.63) is 83.4 Å². The van der Waals surface area contributed by atoms with E-state index in [2.05, 4.69) is 10.6 Å². The first-order valence-corrected chi connectivity index (χ1v) is 10.1. The summed E-state index contributed by atoms with van der Waals surface area (Å²) in [5.41, 5.74) is 6.33. The molecule has 1 heterocycles. The van der Waals surface area contributed by atoms with Crippen LogP contribution >= 0.6 is 0 Å². The largest absolute Gasteiger partial charge is 0.343 e. The molecule has 0 saturated carbocycles. The van der Waals surface area contributed by atoms with Gasteiger partial charge in [0.1, 0.15) is 5.82 Å². The first kappa shape index (κ1) is 20.3. The Morgan fingerprint density at radius 2 is 1.68 bits per heavy atom. The average Bonchev–Trinajstić information content (AvgIpc) is 3.11. The zero-order valence-electron chi connectivity index (χ0n) is 17.8. The Labute approximate surface area is 180 Å². The van der Waals surface area contributed by atoms with Gasteiger partial charge in [-0.1, -0.05) is 18.2 Å². The van der Waals surface area contributed by atoms with Gasteiger partial charge in [0.15, 0.2) is 0 Å². The molecule has 0 aliphatic carbocycles. The third kappa shape index (κ3) is 4.33. The van der Waals surface area contributed by atoms with Crippen molar-refractivity contribution in [1.82, 2.24) is 14.9 Å². The molecule has 4 aromatic rings. The van der Waals surface area contributed by atoms with Gasteiger partial charge in [-0.15, -0.1) is 0 Å². The van der Waals surface area contributed by atoms with Gasteiger partial charge in [-0.3, -0.25) is 9.59 Å². The van der Waals surface area contributed by atoms with Crippen molar-refractivity contribution in [2.75, 3.05) is 11.9 Å². The fraction of sp³-hybridized carbons (Fsp3) is 0.160. The normalized spacial score (nSPS) is 10.8. The fourth-order valence-electron chi connectivity index (χ4n) is 3.46. The quantitative estimate of drug-likeness (QED) is 0.515. The van der Waals surface area contributed by atoms with Gasteiger partial charge in [-0.2, -0.15) is 0 Å². The number of rotatable bonds is 5. The Bertz CT molecular complexity index is 1270. The molecule has 0 unspecified atom stereocenters.